The predicted octanol–water partition coefficient (Wildman–Crippen LogP) is -2.17. The van der Waals surface area contributed by atoms with Gasteiger partial charge in [-0.2, -0.15) is 0 Å². The SMILES string of the molecule is COC1(O)C(O)(O)C(O)(O)C(O)(O)C1(O)O.COc1cc(C(=O)NS(=O)(=O)c2ccccc2C)ccc1Cc1cn(C)c2ccc(NC=O)cc12. The average molecular weight is 736 g/mol. The minimum atomic E-state index is -4.30. The van der Waals surface area contributed by atoms with Crippen molar-refractivity contribution in [3.05, 3.63) is 89.1 Å². The molecule has 3 aromatic carbocycles. The van der Waals surface area contributed by atoms with Crippen LogP contribution in [-0.4, -0.2) is 114 Å². The molecule has 5 rings (SSSR count). The first-order valence-electron chi connectivity index (χ1n) is 14.7. The Hall–Kier alpha value is -4.51. The number of hydrogen-bond acceptors (Lipinski definition) is 15. The zero-order valence-electron chi connectivity index (χ0n) is 27.5. The van der Waals surface area contributed by atoms with Crippen LogP contribution in [0.15, 0.2) is 71.8 Å². The molecule has 1 heterocycles. The standard InChI is InChI=1S/C26H25N3O5S.C6H12O10/c1-17-6-4-5-7-25(17)35(32,33)28-26(31)19-9-8-18(24(13-19)34-3)12-20-15-29(2)23-11-10-21(27-16-30)14-22(20)23;1-16-6(15)4(11,12)2(7,8)3(9,10)5(6,13)14/h4-11,13-16H,12H2,1-3H3,(H,27,30)(H,28,31);7-15H,1H3. The summed E-state index contributed by atoms with van der Waals surface area (Å²) in [6, 6.07) is 17.0. The number of aliphatic hydroxyl groups is 9. The summed E-state index contributed by atoms with van der Waals surface area (Å²) in [7, 11) is -0.0508. The molecule has 18 nitrogen and oxygen atoms in total. The molecule has 276 valence electrons. The van der Waals surface area contributed by atoms with Crippen LogP contribution in [0.3, 0.4) is 0 Å². The fourth-order valence-corrected chi connectivity index (χ4v) is 6.81. The number of sulfonamides is 1. The molecule has 0 bridgehead atoms. The van der Waals surface area contributed by atoms with Gasteiger partial charge in [0.1, 0.15) is 5.75 Å². The van der Waals surface area contributed by atoms with Crippen molar-refractivity contribution >= 4 is 38.9 Å². The highest BCUT2D eigenvalue weighted by Crippen LogP contribution is 2.53. The van der Waals surface area contributed by atoms with Gasteiger partial charge in [-0.15, -0.1) is 0 Å². The largest absolute Gasteiger partial charge is 0.496 e. The Kier molecular flexibility index (Phi) is 10.4. The van der Waals surface area contributed by atoms with E-state index in [-0.39, 0.29) is 10.5 Å². The van der Waals surface area contributed by atoms with Crippen molar-refractivity contribution < 1.29 is 73.4 Å². The normalized spacial score (nSPS) is 18.0. The Morgan fingerprint density at radius 2 is 1.45 bits per heavy atom. The molecule has 1 fully saturated rings. The van der Waals surface area contributed by atoms with E-state index in [0.717, 1.165) is 22.0 Å². The lowest BCUT2D eigenvalue weighted by Crippen LogP contribution is -2.67. The number of benzene rings is 3. The van der Waals surface area contributed by atoms with Gasteiger partial charge in [-0.25, -0.2) is 13.1 Å². The Morgan fingerprint density at radius 3 is 1.98 bits per heavy atom. The third-order valence-corrected chi connectivity index (χ3v) is 10.0. The van der Waals surface area contributed by atoms with Gasteiger partial charge in [-0.05, 0) is 60.0 Å². The van der Waals surface area contributed by atoms with Crippen molar-refractivity contribution in [1.29, 1.82) is 0 Å². The summed E-state index contributed by atoms with van der Waals surface area (Å²) in [5, 5.41) is 85.8. The summed E-state index contributed by atoms with van der Waals surface area (Å²) in [6.45, 7) is 1.67. The predicted molar refractivity (Wildman–Crippen MR) is 175 cm³/mol. The Morgan fingerprint density at radius 1 is 0.843 bits per heavy atom. The minimum absolute atomic E-state index is 0.0522. The third kappa shape index (κ3) is 6.34. The van der Waals surface area contributed by atoms with Crippen LogP contribution >= 0.6 is 0 Å². The first-order chi connectivity index (χ1) is 23.5. The van der Waals surface area contributed by atoms with Crippen LogP contribution in [0.2, 0.25) is 0 Å². The summed E-state index contributed by atoms with van der Waals surface area (Å²) >= 11 is 0. The smallest absolute Gasteiger partial charge is 0.288 e. The fourth-order valence-electron chi connectivity index (χ4n) is 5.59. The Labute approximate surface area is 290 Å². The van der Waals surface area contributed by atoms with E-state index in [4.69, 9.17) is 45.6 Å². The second kappa shape index (κ2) is 13.6. The van der Waals surface area contributed by atoms with E-state index in [1.54, 1.807) is 37.3 Å². The number of aromatic nitrogens is 1. The molecule has 1 saturated carbocycles. The monoisotopic (exact) mass is 735 g/mol. The number of carbonyl (C=O) groups is 2. The molecule has 1 aliphatic carbocycles. The van der Waals surface area contributed by atoms with Crippen LogP contribution in [-0.2, 0) is 33.0 Å². The van der Waals surface area contributed by atoms with Crippen LogP contribution in [0, 0.1) is 6.92 Å². The molecule has 1 aromatic heterocycles. The highest BCUT2D eigenvalue weighted by molar-refractivity contribution is 7.90. The minimum Gasteiger partial charge on any atom is -0.496 e. The van der Waals surface area contributed by atoms with E-state index >= 15 is 0 Å². The number of nitrogens with one attached hydrogen (secondary N) is 2. The fraction of sp³-hybridized carbons (Fsp3) is 0.312. The molecule has 0 unspecified atom stereocenters. The highest BCUT2D eigenvalue weighted by Gasteiger charge is 2.91. The summed E-state index contributed by atoms with van der Waals surface area (Å²) < 4.78 is 39.0. The Balaban J connectivity index is 0.000000306. The van der Waals surface area contributed by atoms with Gasteiger partial charge in [0.2, 0.25) is 6.41 Å². The molecule has 0 spiro atoms. The van der Waals surface area contributed by atoms with E-state index < -0.39 is 44.9 Å². The van der Waals surface area contributed by atoms with Gasteiger partial charge in [0.15, 0.2) is 0 Å². The number of ether oxygens (including phenoxy) is 2. The highest BCUT2D eigenvalue weighted by atomic mass is 32.2. The summed E-state index contributed by atoms with van der Waals surface area (Å²) in [6.07, 6.45) is 3.15. The van der Waals surface area contributed by atoms with Crippen LogP contribution < -0.4 is 14.8 Å². The number of hydrogen-bond donors (Lipinski definition) is 11. The van der Waals surface area contributed by atoms with Crippen molar-refractivity contribution in [2.45, 2.75) is 47.2 Å². The molecule has 0 saturated heterocycles. The first kappa shape index (κ1) is 39.3. The lowest BCUT2D eigenvalue weighted by Gasteiger charge is -2.37. The summed E-state index contributed by atoms with van der Waals surface area (Å²) in [4.78, 5) is 23.7. The van der Waals surface area contributed by atoms with Gasteiger partial charge < -0.3 is 65.3 Å². The maximum absolute atomic E-state index is 12.8. The van der Waals surface area contributed by atoms with E-state index in [1.807, 2.05) is 36.0 Å². The van der Waals surface area contributed by atoms with Crippen molar-refractivity contribution in [3.8, 4) is 5.75 Å². The van der Waals surface area contributed by atoms with Crippen molar-refractivity contribution in [2.24, 2.45) is 7.05 Å². The van der Waals surface area contributed by atoms with Gasteiger partial charge in [-0.3, -0.25) is 9.59 Å². The molecule has 19 heteroatoms. The Bertz CT molecular complexity index is 2050. The average Bonchev–Trinajstić information content (AvgIpc) is 3.39. The molecule has 0 aliphatic heterocycles. The number of rotatable bonds is 9. The number of nitrogens with zero attached hydrogens (tertiary/aromatic N) is 1. The zero-order chi connectivity index (χ0) is 38.4. The van der Waals surface area contributed by atoms with Gasteiger partial charge >= 0.3 is 0 Å². The molecule has 0 radical (unpaired) electrons. The third-order valence-electron chi connectivity index (χ3n) is 8.54. The summed E-state index contributed by atoms with van der Waals surface area (Å²) in [5.41, 5.74) is 4.24. The van der Waals surface area contributed by atoms with E-state index in [2.05, 4.69) is 14.8 Å². The van der Waals surface area contributed by atoms with E-state index in [1.165, 1.54) is 19.2 Å². The van der Waals surface area contributed by atoms with E-state index in [9.17, 15) is 23.1 Å². The quantitative estimate of drug-likeness (QED) is 0.0644. The second-order valence-corrected chi connectivity index (χ2v) is 13.4. The summed E-state index contributed by atoms with van der Waals surface area (Å²) in [5.74, 6) is -21.1. The number of methoxy groups -OCH3 is 2. The van der Waals surface area contributed by atoms with E-state index in [0.29, 0.717) is 36.9 Å². The molecule has 0 atom stereocenters. The lowest BCUT2D eigenvalue weighted by atomic mass is 10.0. The topological polar surface area (TPSA) is 298 Å². The van der Waals surface area contributed by atoms with Crippen molar-refractivity contribution in [2.75, 3.05) is 19.5 Å². The number of anilines is 1. The number of fused-ring (bicyclic) bond motifs is 1. The van der Waals surface area contributed by atoms with Crippen LogP contribution in [0.4, 0.5) is 5.69 Å². The molecule has 1 aliphatic rings. The van der Waals surface area contributed by atoms with Crippen molar-refractivity contribution in [1.82, 2.24) is 9.29 Å². The zero-order valence-corrected chi connectivity index (χ0v) is 28.3. The molecule has 11 N–H and O–H groups in total. The van der Waals surface area contributed by atoms with Crippen molar-refractivity contribution in [3.63, 3.8) is 0 Å². The van der Waals surface area contributed by atoms with Gasteiger partial charge in [0.25, 0.3) is 44.9 Å². The molecule has 4 aromatic rings. The maximum Gasteiger partial charge on any atom is 0.288 e. The number of amides is 2. The van der Waals surface area contributed by atoms with Gasteiger partial charge in [-0.1, -0.05) is 24.3 Å². The van der Waals surface area contributed by atoms with Crippen LogP contribution in [0.5, 0.6) is 5.75 Å². The molecule has 2 amide bonds. The van der Waals surface area contributed by atoms with Crippen LogP contribution in [0.1, 0.15) is 27.0 Å². The maximum atomic E-state index is 12.8. The second-order valence-electron chi connectivity index (χ2n) is 11.7. The van der Waals surface area contributed by atoms with Gasteiger partial charge in [0, 0.05) is 48.9 Å². The first-order valence-corrected chi connectivity index (χ1v) is 16.2. The molecule has 51 heavy (non-hydrogen) atoms. The lowest BCUT2D eigenvalue weighted by molar-refractivity contribution is -0.458. The van der Waals surface area contributed by atoms with Gasteiger partial charge in [0.05, 0.1) is 12.0 Å². The molecular weight excluding hydrogens is 698 g/mol. The molecular formula is C32H37N3O15S. The number of aryl methyl sites for hydroxylation is 2. The number of carbonyl (C=O) groups excluding carboxylic acids is 2. The van der Waals surface area contributed by atoms with Crippen LogP contribution in [0.25, 0.3) is 10.9 Å².